The highest BCUT2D eigenvalue weighted by atomic mass is 32.2. The van der Waals surface area contributed by atoms with Crippen LogP contribution < -0.4 is 5.32 Å². The van der Waals surface area contributed by atoms with Crippen LogP contribution in [-0.4, -0.2) is 18.2 Å². The quantitative estimate of drug-likeness (QED) is 0.611. The second kappa shape index (κ2) is 6.93. The van der Waals surface area contributed by atoms with Gasteiger partial charge < -0.3 is 5.32 Å². The zero-order valence-corrected chi connectivity index (χ0v) is 6.88. The number of nitrogens with one attached hydrogen (secondary N) is 1. The van der Waals surface area contributed by atoms with Crippen LogP contribution in [0.1, 0.15) is 12.8 Å². The van der Waals surface area contributed by atoms with Crippen LogP contribution >= 0.6 is 11.8 Å². The van der Waals surface area contributed by atoms with Crippen LogP contribution in [0.2, 0.25) is 0 Å². The third-order valence-corrected chi connectivity index (χ3v) is 1.47. The molecule has 3 heteroatoms. The molecule has 0 aromatic heterocycles. The Morgan fingerprint density at radius 2 is 2.30 bits per heavy atom. The Balaban J connectivity index is 3.05. The fourth-order valence-electron chi connectivity index (χ4n) is 0.512. The Bertz CT molecular complexity index is 95.6. The summed E-state index contributed by atoms with van der Waals surface area (Å²) in [4.78, 5) is 10.7. The Kier molecular flexibility index (Phi) is 6.81. The summed E-state index contributed by atoms with van der Waals surface area (Å²) in [6.45, 7) is 4.29. The summed E-state index contributed by atoms with van der Waals surface area (Å²) in [7, 11) is 0. The molecule has 10 heavy (non-hydrogen) atoms. The van der Waals surface area contributed by atoms with E-state index in [4.69, 9.17) is 0 Å². The highest BCUT2D eigenvalue weighted by molar-refractivity contribution is 8.00. The number of hydrogen-bond acceptors (Lipinski definition) is 2. The van der Waals surface area contributed by atoms with Crippen molar-refractivity contribution in [1.29, 1.82) is 0 Å². The van der Waals surface area contributed by atoms with Crippen LogP contribution in [-0.2, 0) is 4.79 Å². The maximum absolute atomic E-state index is 10.7. The number of carbonyl (C=O) groups excluding carboxylic acids is 1. The second-order valence-electron chi connectivity index (χ2n) is 1.86. The lowest BCUT2D eigenvalue weighted by molar-refractivity contribution is -0.120. The normalized spacial score (nSPS) is 9.40. The largest absolute Gasteiger partial charge is 0.355 e. The first-order valence-corrected chi connectivity index (χ1v) is 4.39. The van der Waals surface area contributed by atoms with Crippen LogP contribution in [0.4, 0.5) is 0 Å². The van der Waals surface area contributed by atoms with E-state index in [-0.39, 0.29) is 5.91 Å². The van der Waals surface area contributed by atoms with E-state index in [1.54, 1.807) is 0 Å². The lowest BCUT2D eigenvalue weighted by Gasteiger charge is -2.00. The molecule has 0 aromatic carbocycles. The van der Waals surface area contributed by atoms with Gasteiger partial charge in [-0.2, -0.15) is 11.8 Å². The Labute approximate surface area is 66.8 Å². The summed E-state index contributed by atoms with van der Waals surface area (Å²) >= 11 is 1.48. The van der Waals surface area contributed by atoms with E-state index in [0.29, 0.717) is 19.4 Å². The number of amides is 1. The molecule has 0 saturated heterocycles. The molecule has 2 radical (unpaired) electrons. The third-order valence-electron chi connectivity index (χ3n) is 0.972. The van der Waals surface area contributed by atoms with E-state index < -0.39 is 0 Å². The van der Waals surface area contributed by atoms with Crippen molar-refractivity contribution in [1.82, 2.24) is 5.32 Å². The summed E-state index contributed by atoms with van der Waals surface area (Å²) in [5, 5.41) is 2.74. The van der Waals surface area contributed by atoms with Gasteiger partial charge in [0.05, 0.1) is 0 Å². The van der Waals surface area contributed by atoms with E-state index in [2.05, 4.69) is 18.5 Å². The minimum Gasteiger partial charge on any atom is -0.355 e. The van der Waals surface area contributed by atoms with Gasteiger partial charge in [-0.25, -0.2) is 0 Å². The number of hydrogen-bond donors (Lipinski definition) is 1. The minimum absolute atomic E-state index is 0.0871. The third kappa shape index (κ3) is 5.95. The molecule has 0 aliphatic heterocycles. The maximum atomic E-state index is 10.7. The van der Waals surface area contributed by atoms with Gasteiger partial charge in [0.1, 0.15) is 0 Å². The van der Waals surface area contributed by atoms with Crippen LogP contribution in [0.15, 0.2) is 0 Å². The van der Waals surface area contributed by atoms with Crippen molar-refractivity contribution >= 4 is 17.7 Å². The van der Waals surface area contributed by atoms with E-state index in [1.807, 2.05) is 0 Å². The summed E-state index contributed by atoms with van der Waals surface area (Å²) in [6, 6.07) is 0. The van der Waals surface area contributed by atoms with E-state index >= 15 is 0 Å². The smallest absolute Gasteiger partial charge is 0.220 e. The standard InChI is InChI=1S/C7H13NOS/c1-3-4-7(9)8-5-6-10-2/h1-6H2,(H,8,9). The van der Waals surface area contributed by atoms with Gasteiger partial charge in [-0.3, -0.25) is 4.79 Å². The van der Waals surface area contributed by atoms with Gasteiger partial charge in [0.15, 0.2) is 0 Å². The van der Waals surface area contributed by atoms with Crippen molar-refractivity contribution < 1.29 is 4.79 Å². The van der Waals surface area contributed by atoms with Gasteiger partial charge in [-0.15, -0.1) is 0 Å². The van der Waals surface area contributed by atoms with Gasteiger partial charge >= 0.3 is 0 Å². The summed E-state index contributed by atoms with van der Waals surface area (Å²) in [5.74, 6) is 0.965. The summed E-state index contributed by atoms with van der Waals surface area (Å²) < 4.78 is 0. The molecule has 1 amide bonds. The molecule has 0 rings (SSSR count). The first-order valence-electron chi connectivity index (χ1n) is 3.24. The van der Waals surface area contributed by atoms with Crippen molar-refractivity contribution in [2.75, 3.05) is 12.3 Å². The number of rotatable bonds is 5. The highest BCUT2D eigenvalue weighted by Crippen LogP contribution is 1.91. The minimum atomic E-state index is 0.0871. The maximum Gasteiger partial charge on any atom is 0.220 e. The highest BCUT2D eigenvalue weighted by Gasteiger charge is 1.95. The van der Waals surface area contributed by atoms with Gasteiger partial charge in [0.2, 0.25) is 5.91 Å². The summed E-state index contributed by atoms with van der Waals surface area (Å²) in [5.41, 5.74) is 0. The van der Waals surface area contributed by atoms with Crippen LogP contribution in [0.3, 0.4) is 0 Å². The summed E-state index contributed by atoms with van der Waals surface area (Å²) in [6.07, 6.45) is 4.78. The predicted molar refractivity (Wildman–Crippen MR) is 45.4 cm³/mol. The SMILES string of the molecule is [CH2]CCC(=O)NCCS[CH2]. The lowest BCUT2D eigenvalue weighted by Crippen LogP contribution is -2.24. The first-order chi connectivity index (χ1) is 4.81. The molecule has 0 bridgehead atoms. The fourth-order valence-corrected chi connectivity index (χ4v) is 0.758. The molecule has 0 unspecified atom stereocenters. The van der Waals surface area contributed by atoms with E-state index in [0.717, 1.165) is 5.75 Å². The molecule has 0 saturated carbocycles. The Hall–Kier alpha value is -0.180. The zero-order valence-electron chi connectivity index (χ0n) is 6.06. The Morgan fingerprint density at radius 3 is 2.80 bits per heavy atom. The molecular weight excluding hydrogens is 146 g/mol. The molecule has 0 aliphatic rings. The topological polar surface area (TPSA) is 29.1 Å². The molecule has 0 atom stereocenters. The van der Waals surface area contributed by atoms with Gasteiger partial charge in [0, 0.05) is 25.0 Å². The molecule has 2 nitrogen and oxygen atoms in total. The second-order valence-corrected chi connectivity index (χ2v) is 2.68. The first kappa shape index (κ1) is 9.82. The predicted octanol–water partition coefficient (Wildman–Crippen LogP) is 1.24. The van der Waals surface area contributed by atoms with Crippen molar-refractivity contribution in [2.45, 2.75) is 12.8 Å². The molecule has 0 aliphatic carbocycles. The van der Waals surface area contributed by atoms with Crippen LogP contribution in [0.5, 0.6) is 0 Å². The van der Waals surface area contributed by atoms with Crippen molar-refractivity contribution in [2.24, 2.45) is 0 Å². The lowest BCUT2D eigenvalue weighted by atomic mass is 10.3. The van der Waals surface area contributed by atoms with Crippen LogP contribution in [0, 0.1) is 13.2 Å². The molecule has 1 N–H and O–H groups in total. The van der Waals surface area contributed by atoms with Crippen molar-refractivity contribution in [3.05, 3.63) is 13.2 Å². The average Bonchev–Trinajstić information content (AvgIpc) is 1.89. The molecule has 0 aromatic rings. The van der Waals surface area contributed by atoms with Gasteiger partial charge in [0.25, 0.3) is 0 Å². The van der Waals surface area contributed by atoms with Gasteiger partial charge in [-0.1, -0.05) is 6.92 Å². The van der Waals surface area contributed by atoms with E-state index in [1.165, 1.54) is 11.8 Å². The molecule has 58 valence electrons. The zero-order chi connectivity index (χ0) is 7.82. The van der Waals surface area contributed by atoms with E-state index in [9.17, 15) is 4.79 Å². The van der Waals surface area contributed by atoms with Crippen LogP contribution in [0.25, 0.3) is 0 Å². The molecule has 0 heterocycles. The molecular formula is C7H13NOS. The monoisotopic (exact) mass is 159 g/mol. The molecule has 0 fully saturated rings. The molecule has 0 spiro atoms. The van der Waals surface area contributed by atoms with Crippen molar-refractivity contribution in [3.63, 3.8) is 0 Å². The number of carbonyl (C=O) groups is 1. The van der Waals surface area contributed by atoms with Crippen molar-refractivity contribution in [3.8, 4) is 0 Å². The Morgan fingerprint density at radius 1 is 1.60 bits per heavy atom. The average molecular weight is 159 g/mol. The number of thioether (sulfide) groups is 1. The van der Waals surface area contributed by atoms with Gasteiger partial charge in [-0.05, 0) is 6.42 Å². The fraction of sp³-hybridized carbons (Fsp3) is 0.571.